The van der Waals surface area contributed by atoms with Crippen LogP contribution < -0.4 is 10.5 Å². The minimum absolute atomic E-state index is 0.0695. The Morgan fingerprint density at radius 1 is 1.22 bits per heavy atom. The lowest BCUT2D eigenvalue weighted by molar-refractivity contribution is -0.123. The number of fused-ring (bicyclic) bond motifs is 1. The lowest BCUT2D eigenvalue weighted by Crippen LogP contribution is -2.49. The van der Waals surface area contributed by atoms with Gasteiger partial charge in [-0.25, -0.2) is 0 Å². The van der Waals surface area contributed by atoms with Gasteiger partial charge in [0, 0.05) is 19.5 Å². The number of allylic oxidation sites excluding steroid dienone is 3. The highest BCUT2D eigenvalue weighted by molar-refractivity contribution is 5.92. The van der Waals surface area contributed by atoms with Crippen molar-refractivity contribution >= 4 is 5.91 Å². The number of carbonyl (C=O) groups excluding carboxylic acids is 1. The van der Waals surface area contributed by atoms with Gasteiger partial charge in [0.1, 0.15) is 11.2 Å². The lowest BCUT2D eigenvalue weighted by atomic mass is 9.64. The van der Waals surface area contributed by atoms with Crippen LogP contribution in [0, 0.1) is 5.92 Å². The molecule has 2 aliphatic rings. The van der Waals surface area contributed by atoms with Gasteiger partial charge in [-0.05, 0) is 53.6 Å². The average molecular weight is 429 g/mol. The molecule has 32 heavy (non-hydrogen) atoms. The molecule has 0 aromatic heterocycles. The SMILES string of the molecule is C=C/C=C(\C=C)[C@@](C(N)=O)(c1ccccc1)C1CCN(CCc2ccc3c(c2)CCO3)C1. The molecular weight excluding hydrogens is 396 g/mol. The maximum absolute atomic E-state index is 13.1. The van der Waals surface area contributed by atoms with E-state index in [0.717, 1.165) is 62.4 Å². The highest BCUT2D eigenvalue weighted by Crippen LogP contribution is 2.44. The van der Waals surface area contributed by atoms with E-state index < -0.39 is 5.41 Å². The second kappa shape index (κ2) is 9.58. The number of nitrogens with zero attached hydrogens (tertiary/aromatic N) is 1. The molecule has 2 N–H and O–H groups in total. The molecule has 2 atom stereocenters. The molecule has 0 spiro atoms. The van der Waals surface area contributed by atoms with Gasteiger partial charge in [0.05, 0.1) is 6.61 Å². The summed E-state index contributed by atoms with van der Waals surface area (Å²) >= 11 is 0. The number of likely N-dealkylation sites (tertiary alicyclic amines) is 1. The van der Waals surface area contributed by atoms with Crippen molar-refractivity contribution in [1.29, 1.82) is 0 Å². The molecule has 0 radical (unpaired) electrons. The monoisotopic (exact) mass is 428 g/mol. The fourth-order valence-electron chi connectivity index (χ4n) is 5.38. The van der Waals surface area contributed by atoms with Gasteiger partial charge in [-0.2, -0.15) is 0 Å². The van der Waals surface area contributed by atoms with Crippen LogP contribution in [0.15, 0.2) is 85.5 Å². The van der Waals surface area contributed by atoms with E-state index in [1.807, 2.05) is 36.4 Å². The van der Waals surface area contributed by atoms with Crippen LogP contribution in [0.3, 0.4) is 0 Å². The summed E-state index contributed by atoms with van der Waals surface area (Å²) in [5.74, 6) is 0.761. The van der Waals surface area contributed by atoms with E-state index in [0.29, 0.717) is 0 Å². The molecule has 0 bridgehead atoms. The molecule has 4 heteroatoms. The van der Waals surface area contributed by atoms with Crippen LogP contribution in [0.1, 0.15) is 23.1 Å². The molecule has 2 heterocycles. The van der Waals surface area contributed by atoms with Crippen molar-refractivity contribution in [3.63, 3.8) is 0 Å². The van der Waals surface area contributed by atoms with E-state index in [9.17, 15) is 4.79 Å². The van der Waals surface area contributed by atoms with Crippen LogP contribution in [-0.4, -0.2) is 37.0 Å². The van der Waals surface area contributed by atoms with Crippen LogP contribution in [0.4, 0.5) is 0 Å². The number of rotatable bonds is 9. The Balaban J connectivity index is 1.56. The summed E-state index contributed by atoms with van der Waals surface area (Å²) in [4.78, 5) is 15.6. The zero-order valence-corrected chi connectivity index (χ0v) is 18.6. The smallest absolute Gasteiger partial charge is 0.232 e. The molecule has 0 saturated carbocycles. The summed E-state index contributed by atoms with van der Waals surface area (Å²) in [7, 11) is 0. The molecular formula is C28H32N2O2. The van der Waals surface area contributed by atoms with Crippen LogP contribution in [0.25, 0.3) is 0 Å². The molecule has 4 nitrogen and oxygen atoms in total. The number of primary amides is 1. The zero-order chi connectivity index (χ0) is 22.6. The first-order chi connectivity index (χ1) is 15.6. The Labute approximate surface area is 191 Å². The van der Waals surface area contributed by atoms with Crippen LogP contribution in [0.5, 0.6) is 5.75 Å². The van der Waals surface area contributed by atoms with Gasteiger partial charge in [-0.3, -0.25) is 4.79 Å². The maximum atomic E-state index is 13.1. The highest BCUT2D eigenvalue weighted by atomic mass is 16.5. The topological polar surface area (TPSA) is 55.6 Å². The molecule has 2 aromatic rings. The predicted molar refractivity (Wildman–Crippen MR) is 130 cm³/mol. The first-order valence-electron chi connectivity index (χ1n) is 11.4. The van der Waals surface area contributed by atoms with E-state index >= 15 is 0 Å². The standard InChI is InChI=1S/C28H32N2O2/c1-3-8-23(4-2)28(27(29)31,24-9-6-5-7-10-24)25-14-17-30(20-25)16-13-21-11-12-26-22(19-21)15-18-32-26/h3-12,19,25H,1-2,13-18,20H2,(H2,29,31)/b23-8+/t25?,28-/m1/s1. The number of hydrogen-bond acceptors (Lipinski definition) is 3. The van der Waals surface area contributed by atoms with Crippen molar-refractivity contribution in [1.82, 2.24) is 4.90 Å². The third-order valence-corrected chi connectivity index (χ3v) is 6.95. The second-order valence-electron chi connectivity index (χ2n) is 8.68. The van der Waals surface area contributed by atoms with E-state index in [-0.39, 0.29) is 11.8 Å². The number of hydrogen-bond donors (Lipinski definition) is 1. The van der Waals surface area contributed by atoms with Crippen molar-refractivity contribution in [3.8, 4) is 5.75 Å². The van der Waals surface area contributed by atoms with Crippen LogP contribution in [-0.2, 0) is 23.1 Å². The third kappa shape index (κ3) is 4.03. The summed E-state index contributed by atoms with van der Waals surface area (Å²) in [6, 6.07) is 16.4. The fourth-order valence-corrected chi connectivity index (χ4v) is 5.38. The molecule has 2 aliphatic heterocycles. The zero-order valence-electron chi connectivity index (χ0n) is 18.6. The minimum atomic E-state index is -0.920. The Kier molecular flexibility index (Phi) is 6.61. The molecule has 1 unspecified atom stereocenters. The first kappa shape index (κ1) is 22.1. The minimum Gasteiger partial charge on any atom is -0.493 e. The Morgan fingerprint density at radius 3 is 2.75 bits per heavy atom. The van der Waals surface area contributed by atoms with Gasteiger partial charge < -0.3 is 15.4 Å². The quantitative estimate of drug-likeness (QED) is 0.609. The van der Waals surface area contributed by atoms with Crippen molar-refractivity contribution in [2.24, 2.45) is 11.7 Å². The number of amides is 1. The van der Waals surface area contributed by atoms with Crippen molar-refractivity contribution in [2.45, 2.75) is 24.7 Å². The molecule has 166 valence electrons. The summed E-state index contributed by atoms with van der Waals surface area (Å²) < 4.78 is 5.63. The molecule has 1 saturated heterocycles. The second-order valence-corrected chi connectivity index (χ2v) is 8.68. The van der Waals surface area contributed by atoms with Gasteiger partial charge in [0.25, 0.3) is 0 Å². The molecule has 1 amide bonds. The van der Waals surface area contributed by atoms with E-state index in [2.05, 4.69) is 36.3 Å². The van der Waals surface area contributed by atoms with Crippen LogP contribution in [0.2, 0.25) is 0 Å². The summed E-state index contributed by atoms with van der Waals surface area (Å²) in [5.41, 5.74) is 9.62. The summed E-state index contributed by atoms with van der Waals surface area (Å²) in [5, 5.41) is 0. The Morgan fingerprint density at radius 2 is 2.03 bits per heavy atom. The van der Waals surface area contributed by atoms with Gasteiger partial charge in [-0.1, -0.05) is 73.9 Å². The molecule has 0 aliphatic carbocycles. The van der Waals surface area contributed by atoms with Gasteiger partial charge in [-0.15, -0.1) is 0 Å². The number of nitrogens with two attached hydrogens (primary N) is 1. The fraction of sp³-hybridized carbons (Fsp3) is 0.321. The van der Waals surface area contributed by atoms with E-state index in [1.165, 1.54) is 11.1 Å². The summed E-state index contributed by atoms with van der Waals surface area (Å²) in [6.07, 6.45) is 8.22. The largest absolute Gasteiger partial charge is 0.493 e. The predicted octanol–water partition coefficient (Wildman–Crippen LogP) is 4.21. The summed E-state index contributed by atoms with van der Waals surface area (Å²) in [6.45, 7) is 11.3. The number of carbonyl (C=O) groups is 1. The maximum Gasteiger partial charge on any atom is 0.232 e. The Bertz CT molecular complexity index is 1030. The number of benzene rings is 2. The molecule has 4 rings (SSSR count). The van der Waals surface area contributed by atoms with Gasteiger partial charge in [0.15, 0.2) is 0 Å². The van der Waals surface area contributed by atoms with Crippen LogP contribution >= 0.6 is 0 Å². The normalized spacial score (nSPS) is 20.2. The molecule has 2 aromatic carbocycles. The molecule has 1 fully saturated rings. The van der Waals surface area contributed by atoms with Crippen molar-refractivity contribution < 1.29 is 9.53 Å². The average Bonchev–Trinajstić information content (AvgIpc) is 3.47. The lowest BCUT2D eigenvalue weighted by Gasteiger charge is -2.38. The van der Waals surface area contributed by atoms with Crippen molar-refractivity contribution in [2.75, 3.05) is 26.2 Å². The first-order valence-corrected chi connectivity index (χ1v) is 11.4. The van der Waals surface area contributed by atoms with Crippen molar-refractivity contribution in [3.05, 3.63) is 102 Å². The highest BCUT2D eigenvalue weighted by Gasteiger charge is 2.49. The Hall–Kier alpha value is -3.11. The van der Waals surface area contributed by atoms with E-state index in [4.69, 9.17) is 10.5 Å². The van der Waals surface area contributed by atoms with Gasteiger partial charge in [0.2, 0.25) is 5.91 Å². The van der Waals surface area contributed by atoms with Gasteiger partial charge >= 0.3 is 0 Å². The van der Waals surface area contributed by atoms with E-state index in [1.54, 1.807) is 12.2 Å². The number of ether oxygens (including phenoxy) is 1. The third-order valence-electron chi connectivity index (χ3n) is 6.95.